The molecule has 0 radical (unpaired) electrons. The van der Waals surface area contributed by atoms with Gasteiger partial charge in [-0.2, -0.15) is 0 Å². The standard InChI is InChI=1S/C15H17N5OS/c1-4-13-17-18-14(21-13)9-22-15-19-16-11(3)20(15)12-7-5-6-10(2)8-12/h5-8H,4,9H2,1-3H3. The lowest BCUT2D eigenvalue weighted by Crippen LogP contribution is -1.99. The van der Waals surface area contributed by atoms with Gasteiger partial charge < -0.3 is 4.42 Å². The van der Waals surface area contributed by atoms with Gasteiger partial charge in [-0.25, -0.2) is 0 Å². The molecule has 0 atom stereocenters. The van der Waals surface area contributed by atoms with Gasteiger partial charge in [0.05, 0.1) is 5.75 Å². The highest BCUT2D eigenvalue weighted by Gasteiger charge is 2.13. The number of hydrogen-bond donors (Lipinski definition) is 0. The van der Waals surface area contributed by atoms with E-state index < -0.39 is 0 Å². The molecule has 0 amide bonds. The van der Waals surface area contributed by atoms with Crippen LogP contribution in [0.25, 0.3) is 5.69 Å². The first-order chi connectivity index (χ1) is 10.7. The van der Waals surface area contributed by atoms with Gasteiger partial charge in [0.2, 0.25) is 11.8 Å². The summed E-state index contributed by atoms with van der Waals surface area (Å²) in [4.78, 5) is 0. The maximum atomic E-state index is 5.53. The molecule has 3 rings (SSSR count). The molecule has 2 heterocycles. The summed E-state index contributed by atoms with van der Waals surface area (Å²) in [6.07, 6.45) is 0.746. The summed E-state index contributed by atoms with van der Waals surface area (Å²) in [6.45, 7) is 6.00. The highest BCUT2D eigenvalue weighted by atomic mass is 32.2. The van der Waals surface area contributed by atoms with E-state index in [1.807, 2.05) is 24.5 Å². The molecule has 0 saturated carbocycles. The van der Waals surface area contributed by atoms with E-state index in [0.717, 1.165) is 23.1 Å². The second kappa shape index (κ2) is 6.31. The Bertz CT molecular complexity index is 780. The second-order valence-corrected chi connectivity index (χ2v) is 5.88. The molecule has 0 spiro atoms. The zero-order valence-electron chi connectivity index (χ0n) is 12.8. The number of hydrogen-bond acceptors (Lipinski definition) is 6. The lowest BCUT2D eigenvalue weighted by molar-refractivity contribution is 0.470. The van der Waals surface area contributed by atoms with Crippen molar-refractivity contribution in [3.05, 3.63) is 47.4 Å². The molecule has 6 nitrogen and oxygen atoms in total. The Morgan fingerprint density at radius 1 is 1.09 bits per heavy atom. The third-order valence-corrected chi connectivity index (χ3v) is 4.10. The third-order valence-electron chi connectivity index (χ3n) is 3.19. The van der Waals surface area contributed by atoms with Crippen LogP contribution in [0.2, 0.25) is 0 Å². The summed E-state index contributed by atoms with van der Waals surface area (Å²) in [7, 11) is 0. The summed E-state index contributed by atoms with van der Waals surface area (Å²) in [5.41, 5.74) is 2.26. The lowest BCUT2D eigenvalue weighted by atomic mass is 10.2. The van der Waals surface area contributed by atoms with Crippen molar-refractivity contribution < 1.29 is 4.42 Å². The van der Waals surface area contributed by atoms with Crippen molar-refractivity contribution in [1.82, 2.24) is 25.0 Å². The van der Waals surface area contributed by atoms with Crippen LogP contribution in [0.5, 0.6) is 0 Å². The van der Waals surface area contributed by atoms with Crippen LogP contribution in [0.3, 0.4) is 0 Å². The zero-order chi connectivity index (χ0) is 15.5. The van der Waals surface area contributed by atoms with Crippen LogP contribution >= 0.6 is 11.8 Å². The smallest absolute Gasteiger partial charge is 0.226 e. The molecule has 0 bridgehead atoms. The normalized spacial score (nSPS) is 11.0. The first kappa shape index (κ1) is 14.8. The summed E-state index contributed by atoms with van der Waals surface area (Å²) in [6, 6.07) is 8.27. The number of aromatic nitrogens is 5. The summed E-state index contributed by atoms with van der Waals surface area (Å²) >= 11 is 1.54. The van der Waals surface area contributed by atoms with Gasteiger partial charge in [0.25, 0.3) is 0 Å². The fourth-order valence-electron chi connectivity index (χ4n) is 2.12. The lowest BCUT2D eigenvalue weighted by Gasteiger charge is -2.08. The van der Waals surface area contributed by atoms with E-state index in [1.54, 1.807) is 0 Å². The average Bonchev–Trinajstić information content (AvgIpc) is 3.11. The van der Waals surface area contributed by atoms with E-state index >= 15 is 0 Å². The SMILES string of the molecule is CCc1nnc(CSc2nnc(C)n2-c2cccc(C)c2)o1. The van der Waals surface area contributed by atoms with Gasteiger partial charge in [0.1, 0.15) is 5.82 Å². The molecule has 7 heteroatoms. The second-order valence-electron chi connectivity index (χ2n) is 4.94. The monoisotopic (exact) mass is 315 g/mol. The molecular formula is C15H17N5OS. The van der Waals surface area contributed by atoms with E-state index in [4.69, 9.17) is 4.42 Å². The molecule has 0 N–H and O–H groups in total. The van der Waals surface area contributed by atoms with Crippen molar-refractivity contribution in [2.75, 3.05) is 0 Å². The van der Waals surface area contributed by atoms with Crippen molar-refractivity contribution in [3.63, 3.8) is 0 Å². The van der Waals surface area contributed by atoms with Gasteiger partial charge >= 0.3 is 0 Å². The molecule has 0 aliphatic rings. The molecule has 2 aromatic heterocycles. The molecule has 3 aromatic rings. The Morgan fingerprint density at radius 3 is 2.64 bits per heavy atom. The molecule has 0 aliphatic heterocycles. The van der Waals surface area contributed by atoms with E-state index in [9.17, 15) is 0 Å². The van der Waals surface area contributed by atoms with Crippen LogP contribution < -0.4 is 0 Å². The minimum atomic E-state index is 0.580. The molecule has 1 aromatic carbocycles. The van der Waals surface area contributed by atoms with E-state index in [0.29, 0.717) is 17.5 Å². The summed E-state index contributed by atoms with van der Waals surface area (Å²) < 4.78 is 7.56. The zero-order valence-corrected chi connectivity index (χ0v) is 13.6. The van der Waals surface area contributed by atoms with Crippen LogP contribution in [-0.4, -0.2) is 25.0 Å². The van der Waals surface area contributed by atoms with Gasteiger partial charge in [0, 0.05) is 12.1 Å². The van der Waals surface area contributed by atoms with Crippen molar-refractivity contribution in [2.24, 2.45) is 0 Å². The van der Waals surface area contributed by atoms with Crippen molar-refractivity contribution in [1.29, 1.82) is 0 Å². The number of nitrogens with zero attached hydrogens (tertiary/aromatic N) is 5. The number of aryl methyl sites for hydroxylation is 3. The summed E-state index contributed by atoms with van der Waals surface area (Å²) in [5.74, 6) is 2.70. The van der Waals surface area contributed by atoms with Gasteiger partial charge in [-0.15, -0.1) is 20.4 Å². The number of benzene rings is 1. The van der Waals surface area contributed by atoms with Crippen LogP contribution in [0.4, 0.5) is 0 Å². The Balaban J connectivity index is 1.83. The van der Waals surface area contributed by atoms with Gasteiger partial charge in [-0.3, -0.25) is 4.57 Å². The highest BCUT2D eigenvalue weighted by Crippen LogP contribution is 2.25. The predicted octanol–water partition coefficient (Wildman–Crippen LogP) is 3.12. The highest BCUT2D eigenvalue weighted by molar-refractivity contribution is 7.98. The maximum absolute atomic E-state index is 5.53. The molecule has 0 unspecified atom stereocenters. The quantitative estimate of drug-likeness (QED) is 0.674. The first-order valence-electron chi connectivity index (χ1n) is 7.10. The topological polar surface area (TPSA) is 69.6 Å². The maximum Gasteiger partial charge on any atom is 0.226 e. The molecule has 0 aliphatic carbocycles. The van der Waals surface area contributed by atoms with Gasteiger partial charge in [-0.05, 0) is 31.5 Å². The van der Waals surface area contributed by atoms with Gasteiger partial charge in [-0.1, -0.05) is 30.8 Å². The minimum absolute atomic E-state index is 0.580. The molecule has 22 heavy (non-hydrogen) atoms. The largest absolute Gasteiger partial charge is 0.424 e. The van der Waals surface area contributed by atoms with Crippen LogP contribution in [0.1, 0.15) is 30.1 Å². The summed E-state index contributed by atoms with van der Waals surface area (Å²) in [5, 5.41) is 17.3. The van der Waals surface area contributed by atoms with Crippen LogP contribution in [0.15, 0.2) is 33.8 Å². The van der Waals surface area contributed by atoms with E-state index in [-0.39, 0.29) is 0 Å². The fourth-order valence-corrected chi connectivity index (χ4v) is 2.95. The minimum Gasteiger partial charge on any atom is -0.424 e. The Morgan fingerprint density at radius 2 is 1.91 bits per heavy atom. The number of rotatable bonds is 5. The molecule has 114 valence electrons. The first-order valence-corrected chi connectivity index (χ1v) is 8.09. The van der Waals surface area contributed by atoms with Crippen molar-refractivity contribution in [2.45, 2.75) is 38.1 Å². The van der Waals surface area contributed by atoms with Crippen LogP contribution in [0, 0.1) is 13.8 Å². The van der Waals surface area contributed by atoms with Gasteiger partial charge in [0.15, 0.2) is 5.16 Å². The van der Waals surface area contributed by atoms with E-state index in [2.05, 4.69) is 45.5 Å². The average molecular weight is 315 g/mol. The Hall–Kier alpha value is -2.15. The molecule has 0 saturated heterocycles. The fraction of sp³-hybridized carbons (Fsp3) is 0.333. The molecule has 0 fully saturated rings. The Kier molecular flexibility index (Phi) is 4.24. The predicted molar refractivity (Wildman–Crippen MR) is 84.1 cm³/mol. The number of thioether (sulfide) groups is 1. The Labute approximate surface area is 133 Å². The van der Waals surface area contributed by atoms with Crippen molar-refractivity contribution >= 4 is 11.8 Å². The van der Waals surface area contributed by atoms with E-state index in [1.165, 1.54) is 17.3 Å². The van der Waals surface area contributed by atoms with Crippen LogP contribution in [-0.2, 0) is 12.2 Å². The third kappa shape index (κ3) is 3.04. The molecular weight excluding hydrogens is 298 g/mol. The van der Waals surface area contributed by atoms with Crippen molar-refractivity contribution in [3.8, 4) is 5.69 Å².